The molecular weight excluding hydrogens is 244 g/mol. The molecule has 1 fully saturated rings. The molecule has 0 spiro atoms. The summed E-state index contributed by atoms with van der Waals surface area (Å²) in [5.41, 5.74) is 2.07. The van der Waals surface area contributed by atoms with E-state index in [1.165, 1.54) is 12.8 Å². The van der Waals surface area contributed by atoms with Crippen LogP contribution in [0, 0.1) is 0 Å². The Bertz CT molecular complexity index is 534. The number of thiazole rings is 1. The highest BCUT2D eigenvalue weighted by Gasteiger charge is 2.20. The molecule has 0 atom stereocenters. The average molecular weight is 260 g/mol. The van der Waals surface area contributed by atoms with E-state index in [2.05, 4.69) is 15.7 Å². The Hall–Kier alpha value is -1.39. The van der Waals surface area contributed by atoms with Gasteiger partial charge in [-0.15, -0.1) is 11.3 Å². The highest BCUT2D eigenvalue weighted by atomic mass is 32.1. The Kier molecular flexibility index (Phi) is 3.30. The second-order valence-electron chi connectivity index (χ2n) is 4.48. The lowest BCUT2D eigenvalue weighted by Crippen LogP contribution is -2.14. The van der Waals surface area contributed by atoms with E-state index in [1.54, 1.807) is 18.4 Å². The van der Waals surface area contributed by atoms with Gasteiger partial charge in [-0.25, -0.2) is 4.98 Å². The molecule has 4 heteroatoms. The molecule has 94 valence electrons. The van der Waals surface area contributed by atoms with E-state index in [1.807, 2.05) is 24.3 Å². The molecule has 1 aliphatic carbocycles. The van der Waals surface area contributed by atoms with Crippen LogP contribution in [0.3, 0.4) is 0 Å². The molecule has 2 aromatic rings. The second kappa shape index (κ2) is 5.08. The van der Waals surface area contributed by atoms with E-state index < -0.39 is 0 Å². The van der Waals surface area contributed by atoms with Gasteiger partial charge in [0.25, 0.3) is 0 Å². The number of para-hydroxylation sites is 1. The fourth-order valence-corrected chi connectivity index (χ4v) is 2.64. The number of methoxy groups -OCH3 is 1. The third-order valence-corrected chi connectivity index (χ3v) is 3.90. The largest absolute Gasteiger partial charge is 0.496 e. The monoisotopic (exact) mass is 260 g/mol. The summed E-state index contributed by atoms with van der Waals surface area (Å²) in [5.74, 6) is 0.879. The lowest BCUT2D eigenvalue weighted by molar-refractivity contribution is 0.416. The van der Waals surface area contributed by atoms with Crippen LogP contribution < -0.4 is 10.1 Å². The van der Waals surface area contributed by atoms with Crippen molar-refractivity contribution < 1.29 is 4.74 Å². The fraction of sp³-hybridized carbons (Fsp3) is 0.357. The summed E-state index contributed by atoms with van der Waals surface area (Å²) in [7, 11) is 1.70. The first kappa shape index (κ1) is 11.7. The summed E-state index contributed by atoms with van der Waals surface area (Å²) >= 11 is 1.70. The van der Waals surface area contributed by atoms with Crippen LogP contribution >= 0.6 is 11.3 Å². The molecule has 0 unspecified atom stereocenters. The lowest BCUT2D eigenvalue weighted by atomic mass is 10.1. The minimum atomic E-state index is 0.726. The van der Waals surface area contributed by atoms with Crippen LogP contribution in [0.2, 0.25) is 0 Å². The van der Waals surface area contributed by atoms with Crippen LogP contribution in [0.25, 0.3) is 11.3 Å². The van der Waals surface area contributed by atoms with Crippen LogP contribution in [0.15, 0.2) is 29.6 Å². The van der Waals surface area contributed by atoms with Crippen LogP contribution in [-0.4, -0.2) is 18.1 Å². The predicted octanol–water partition coefficient (Wildman–Crippen LogP) is 3.07. The third kappa shape index (κ3) is 2.54. The van der Waals surface area contributed by atoms with Gasteiger partial charge in [-0.2, -0.15) is 0 Å². The van der Waals surface area contributed by atoms with Gasteiger partial charge in [-0.05, 0) is 25.0 Å². The van der Waals surface area contributed by atoms with Crippen molar-refractivity contribution >= 4 is 11.3 Å². The van der Waals surface area contributed by atoms with Gasteiger partial charge in [-0.3, -0.25) is 0 Å². The Morgan fingerprint density at radius 2 is 2.22 bits per heavy atom. The van der Waals surface area contributed by atoms with Crippen molar-refractivity contribution in [1.29, 1.82) is 0 Å². The summed E-state index contributed by atoms with van der Waals surface area (Å²) in [4.78, 5) is 4.66. The summed E-state index contributed by atoms with van der Waals surface area (Å²) in [6.07, 6.45) is 2.62. The number of aromatic nitrogens is 1. The summed E-state index contributed by atoms with van der Waals surface area (Å²) in [6, 6.07) is 8.73. The molecule has 0 radical (unpaired) electrons. The van der Waals surface area contributed by atoms with Gasteiger partial charge in [0.2, 0.25) is 0 Å². The molecule has 1 N–H and O–H groups in total. The van der Waals surface area contributed by atoms with Gasteiger partial charge < -0.3 is 10.1 Å². The van der Waals surface area contributed by atoms with Crippen LogP contribution in [0.5, 0.6) is 5.75 Å². The van der Waals surface area contributed by atoms with Gasteiger partial charge in [0.1, 0.15) is 10.8 Å². The number of rotatable bonds is 5. The zero-order chi connectivity index (χ0) is 12.4. The maximum atomic E-state index is 5.37. The van der Waals surface area contributed by atoms with E-state index in [-0.39, 0.29) is 0 Å². The molecular formula is C14H16N2OS. The minimum Gasteiger partial charge on any atom is -0.496 e. The smallest absolute Gasteiger partial charge is 0.128 e. The Labute approximate surface area is 111 Å². The van der Waals surface area contributed by atoms with E-state index in [9.17, 15) is 0 Å². The number of ether oxygens (including phenoxy) is 1. The lowest BCUT2D eigenvalue weighted by Gasteiger charge is -2.04. The fourth-order valence-electron chi connectivity index (χ4n) is 1.89. The van der Waals surface area contributed by atoms with Crippen molar-refractivity contribution in [3.8, 4) is 17.0 Å². The summed E-state index contributed by atoms with van der Waals surface area (Å²) in [6.45, 7) is 0.879. The summed E-state index contributed by atoms with van der Waals surface area (Å²) in [5, 5.41) is 6.72. The number of nitrogens with one attached hydrogen (secondary N) is 1. The number of hydrogen-bond acceptors (Lipinski definition) is 4. The van der Waals surface area contributed by atoms with Gasteiger partial charge in [0.15, 0.2) is 0 Å². The summed E-state index contributed by atoms with van der Waals surface area (Å²) < 4.78 is 5.37. The van der Waals surface area contributed by atoms with Crippen LogP contribution in [0.1, 0.15) is 17.8 Å². The number of hydrogen-bond donors (Lipinski definition) is 1. The Morgan fingerprint density at radius 3 is 3.00 bits per heavy atom. The van der Waals surface area contributed by atoms with Crippen molar-refractivity contribution in [2.75, 3.05) is 7.11 Å². The molecule has 0 bridgehead atoms. The van der Waals surface area contributed by atoms with Crippen molar-refractivity contribution in [3.63, 3.8) is 0 Å². The van der Waals surface area contributed by atoms with Crippen molar-refractivity contribution in [1.82, 2.24) is 10.3 Å². The van der Waals surface area contributed by atoms with Gasteiger partial charge in [0, 0.05) is 23.5 Å². The minimum absolute atomic E-state index is 0.726. The molecule has 1 aromatic carbocycles. The van der Waals surface area contributed by atoms with Crippen molar-refractivity contribution in [3.05, 3.63) is 34.7 Å². The zero-order valence-electron chi connectivity index (χ0n) is 10.3. The highest BCUT2D eigenvalue weighted by Crippen LogP contribution is 2.30. The topological polar surface area (TPSA) is 34.1 Å². The van der Waals surface area contributed by atoms with Gasteiger partial charge >= 0.3 is 0 Å². The first-order chi connectivity index (χ1) is 8.86. The molecule has 1 aliphatic rings. The Balaban J connectivity index is 1.78. The molecule has 3 nitrogen and oxygen atoms in total. The first-order valence-corrected chi connectivity index (χ1v) is 7.06. The molecule has 3 rings (SSSR count). The van der Waals surface area contributed by atoms with Gasteiger partial charge in [-0.1, -0.05) is 12.1 Å². The zero-order valence-corrected chi connectivity index (χ0v) is 11.2. The SMILES string of the molecule is COc1ccccc1-c1csc(CNC2CC2)n1. The maximum absolute atomic E-state index is 5.37. The highest BCUT2D eigenvalue weighted by molar-refractivity contribution is 7.09. The quantitative estimate of drug-likeness (QED) is 0.897. The maximum Gasteiger partial charge on any atom is 0.128 e. The number of benzene rings is 1. The van der Waals surface area contributed by atoms with E-state index in [0.717, 1.165) is 34.6 Å². The normalized spacial score (nSPS) is 14.7. The molecule has 1 heterocycles. The molecule has 0 saturated heterocycles. The second-order valence-corrected chi connectivity index (χ2v) is 5.42. The first-order valence-electron chi connectivity index (χ1n) is 6.18. The third-order valence-electron chi connectivity index (χ3n) is 3.05. The molecule has 0 amide bonds. The van der Waals surface area contributed by atoms with Crippen molar-refractivity contribution in [2.24, 2.45) is 0 Å². The standard InChI is InChI=1S/C14H16N2OS/c1-17-13-5-3-2-4-11(13)12-9-18-14(16-12)8-15-10-6-7-10/h2-5,9-10,15H,6-8H2,1H3. The average Bonchev–Trinajstić information content (AvgIpc) is 3.13. The Morgan fingerprint density at radius 1 is 1.39 bits per heavy atom. The van der Waals surface area contributed by atoms with E-state index in [4.69, 9.17) is 4.74 Å². The molecule has 0 aliphatic heterocycles. The van der Waals surface area contributed by atoms with E-state index in [0.29, 0.717) is 0 Å². The van der Waals surface area contributed by atoms with Gasteiger partial charge in [0.05, 0.1) is 12.8 Å². The number of nitrogens with zero attached hydrogens (tertiary/aromatic N) is 1. The molecule has 1 aromatic heterocycles. The van der Waals surface area contributed by atoms with Crippen molar-refractivity contribution in [2.45, 2.75) is 25.4 Å². The molecule has 18 heavy (non-hydrogen) atoms. The predicted molar refractivity (Wildman–Crippen MR) is 74.0 cm³/mol. The molecule has 1 saturated carbocycles. The van der Waals surface area contributed by atoms with Crippen LogP contribution in [0.4, 0.5) is 0 Å². The van der Waals surface area contributed by atoms with Crippen LogP contribution in [-0.2, 0) is 6.54 Å². The van der Waals surface area contributed by atoms with E-state index >= 15 is 0 Å².